The molecule has 5 rings (SSSR count). The van der Waals surface area contributed by atoms with Gasteiger partial charge in [-0.3, -0.25) is 5.32 Å². The number of fused-ring (bicyclic) bond motifs is 1. The highest BCUT2D eigenvalue weighted by molar-refractivity contribution is 5.85. The summed E-state index contributed by atoms with van der Waals surface area (Å²) >= 11 is 0. The fourth-order valence-corrected chi connectivity index (χ4v) is 5.00. The highest BCUT2D eigenvalue weighted by Crippen LogP contribution is 2.44. The van der Waals surface area contributed by atoms with E-state index in [0.717, 1.165) is 11.1 Å². The van der Waals surface area contributed by atoms with Crippen molar-refractivity contribution in [3.8, 4) is 17.0 Å². The number of piperidine rings is 1. The van der Waals surface area contributed by atoms with Crippen LogP contribution in [0.15, 0.2) is 79.4 Å². The molecule has 256 valence electrons. The highest BCUT2D eigenvalue weighted by atomic mass is 16.6. The van der Waals surface area contributed by atoms with Crippen molar-refractivity contribution in [2.24, 2.45) is 0 Å². The number of amides is 2. The zero-order valence-electron chi connectivity index (χ0n) is 29.3. The van der Waals surface area contributed by atoms with E-state index in [1.54, 1.807) is 23.1 Å². The molecule has 47 heavy (non-hydrogen) atoms. The van der Waals surface area contributed by atoms with E-state index in [1.165, 1.54) is 0 Å². The normalized spacial score (nSPS) is 15.8. The number of aromatic nitrogens is 1. The molecule has 0 bridgehead atoms. The number of nitrogens with zero attached hydrogens (tertiary/aromatic N) is 2. The average Bonchev–Trinajstić information content (AvgIpc) is 3.06. The molecule has 2 amide bonds. The number of likely N-dealkylation sites (tertiary alicyclic amines) is 1. The maximum Gasteiger partial charge on any atom is 0.411 e. The van der Waals surface area contributed by atoms with Gasteiger partial charge in [-0.25, -0.2) is 14.6 Å². The Bertz CT molecular complexity index is 1400. The van der Waals surface area contributed by atoms with Gasteiger partial charge >= 0.3 is 12.2 Å². The lowest BCUT2D eigenvalue weighted by Crippen LogP contribution is -2.52. The number of carbonyl (C=O) groups is 2. The molecule has 3 aromatic rings. The molecular weight excluding hydrogens is 594 g/mol. The van der Waals surface area contributed by atoms with E-state index in [2.05, 4.69) is 11.9 Å². The topological polar surface area (TPSA) is 110 Å². The summed E-state index contributed by atoms with van der Waals surface area (Å²) in [5.41, 5.74) is 2.45. The summed E-state index contributed by atoms with van der Waals surface area (Å²) in [5.74, 6) is 0.563. The molecule has 3 heterocycles. The van der Waals surface area contributed by atoms with Crippen LogP contribution in [-0.4, -0.2) is 51.5 Å². The maximum atomic E-state index is 12.5. The molecule has 1 atom stereocenters. The van der Waals surface area contributed by atoms with Gasteiger partial charge in [0.25, 0.3) is 0 Å². The van der Waals surface area contributed by atoms with E-state index < -0.39 is 23.4 Å². The summed E-state index contributed by atoms with van der Waals surface area (Å²) in [5, 5.41) is 13.8. The predicted molar refractivity (Wildman–Crippen MR) is 188 cm³/mol. The molecule has 0 radical (unpaired) electrons. The van der Waals surface area contributed by atoms with Gasteiger partial charge in [-0.1, -0.05) is 76.2 Å². The molecule has 0 aliphatic carbocycles. The lowest BCUT2D eigenvalue weighted by molar-refractivity contribution is -0.0585. The number of allylic oxidation sites excluding steroid dienone is 1. The summed E-state index contributed by atoms with van der Waals surface area (Å²) in [6.45, 7) is 20.0. The Balaban J connectivity index is 0.00000102. The third kappa shape index (κ3) is 11.7. The van der Waals surface area contributed by atoms with Crippen LogP contribution < -0.4 is 10.1 Å². The minimum absolute atomic E-state index is 0.192. The standard InChI is InChI=1S/C31H35N3O6.C3H6.2C2H6/c1-30(2,3)40-29(37)34-17-15-31(16-18-34)19-25(35)27-26(39-31)14-13-24(33-27)22-9-11-23(12-10-22)32-28(36)38-20-21-7-5-4-6-8-21;1-3-2;2*1-2/h4-14,25,35H,15-20H2,1-3H3,(H,32,36);3H,1H2,2H3;2*1-2H3. The van der Waals surface area contributed by atoms with Crippen LogP contribution >= 0.6 is 0 Å². The van der Waals surface area contributed by atoms with Crippen molar-refractivity contribution in [2.75, 3.05) is 18.4 Å². The first-order valence-corrected chi connectivity index (χ1v) is 16.5. The van der Waals surface area contributed by atoms with Crippen LogP contribution in [0.3, 0.4) is 0 Å². The summed E-state index contributed by atoms with van der Waals surface area (Å²) in [6.07, 6.45) is 1.73. The van der Waals surface area contributed by atoms with Crippen molar-refractivity contribution in [2.45, 2.75) is 98.6 Å². The van der Waals surface area contributed by atoms with E-state index in [0.29, 0.717) is 55.2 Å². The van der Waals surface area contributed by atoms with Crippen molar-refractivity contribution in [1.29, 1.82) is 0 Å². The zero-order valence-corrected chi connectivity index (χ0v) is 29.3. The molecule has 1 fully saturated rings. The fraction of sp³-hybridized carbons (Fsp3) is 0.447. The molecule has 2 aromatic carbocycles. The van der Waals surface area contributed by atoms with E-state index >= 15 is 0 Å². The quantitative estimate of drug-likeness (QED) is 0.272. The number of rotatable bonds is 4. The van der Waals surface area contributed by atoms with Gasteiger partial charge in [0, 0.05) is 43.6 Å². The molecule has 9 nitrogen and oxygen atoms in total. The molecular formula is C38H53N3O6. The Kier molecular flexibility index (Phi) is 15.4. The Labute approximate surface area is 281 Å². The number of anilines is 1. The number of hydrogen-bond acceptors (Lipinski definition) is 7. The molecule has 1 saturated heterocycles. The SMILES string of the molecule is C=CC.CC.CC.CC(C)(C)OC(=O)N1CCC2(CC1)CC(O)c1nc(-c3ccc(NC(=O)OCc4ccccc4)cc3)ccc1O2. The predicted octanol–water partition coefficient (Wildman–Crippen LogP) is 9.33. The number of benzene rings is 2. The van der Waals surface area contributed by atoms with Gasteiger partial charge in [0.05, 0.1) is 5.69 Å². The summed E-state index contributed by atoms with van der Waals surface area (Å²) < 4.78 is 17.2. The van der Waals surface area contributed by atoms with Gasteiger partial charge in [-0.2, -0.15) is 0 Å². The second-order valence-electron chi connectivity index (χ2n) is 11.7. The molecule has 0 saturated carbocycles. The minimum atomic E-state index is -0.780. The Morgan fingerprint density at radius 2 is 1.62 bits per heavy atom. The van der Waals surface area contributed by atoms with Crippen molar-refractivity contribution in [3.63, 3.8) is 0 Å². The summed E-state index contributed by atoms with van der Waals surface area (Å²) in [4.78, 5) is 31.0. The zero-order chi connectivity index (χ0) is 35.0. The Morgan fingerprint density at radius 3 is 2.19 bits per heavy atom. The molecule has 2 aliphatic heterocycles. The Hall–Kier alpha value is -4.37. The maximum absolute atomic E-state index is 12.5. The van der Waals surface area contributed by atoms with Crippen LogP contribution in [0.25, 0.3) is 11.3 Å². The van der Waals surface area contributed by atoms with Gasteiger partial charge in [-0.15, -0.1) is 6.58 Å². The van der Waals surface area contributed by atoms with Crippen LogP contribution in [0, 0.1) is 0 Å². The van der Waals surface area contributed by atoms with Gasteiger partial charge in [0.15, 0.2) is 0 Å². The van der Waals surface area contributed by atoms with Gasteiger partial charge in [0.1, 0.15) is 35.4 Å². The van der Waals surface area contributed by atoms with Crippen LogP contribution in [-0.2, 0) is 16.1 Å². The number of nitrogens with one attached hydrogen (secondary N) is 1. The average molecular weight is 648 g/mol. The van der Waals surface area contributed by atoms with Crippen LogP contribution in [0.2, 0.25) is 0 Å². The largest absolute Gasteiger partial charge is 0.485 e. The lowest BCUT2D eigenvalue weighted by atomic mass is 9.83. The number of pyridine rings is 1. The second-order valence-corrected chi connectivity index (χ2v) is 11.7. The first kappa shape index (κ1) is 38.8. The highest BCUT2D eigenvalue weighted by Gasteiger charge is 2.44. The summed E-state index contributed by atoms with van der Waals surface area (Å²) in [6, 6.07) is 20.4. The van der Waals surface area contributed by atoms with Crippen molar-refractivity contribution in [3.05, 3.63) is 90.6 Å². The molecule has 1 spiro atoms. The van der Waals surface area contributed by atoms with Crippen molar-refractivity contribution >= 4 is 17.9 Å². The van der Waals surface area contributed by atoms with Crippen molar-refractivity contribution in [1.82, 2.24) is 9.88 Å². The van der Waals surface area contributed by atoms with Crippen LogP contribution in [0.1, 0.15) is 92.0 Å². The van der Waals surface area contributed by atoms with Crippen molar-refractivity contribution < 1.29 is 28.9 Å². The number of aliphatic hydroxyl groups excluding tert-OH is 1. The van der Waals surface area contributed by atoms with Gasteiger partial charge in [0.2, 0.25) is 0 Å². The minimum Gasteiger partial charge on any atom is -0.485 e. The van der Waals surface area contributed by atoms with E-state index in [4.69, 9.17) is 19.2 Å². The number of hydrogen-bond donors (Lipinski definition) is 2. The van der Waals surface area contributed by atoms with Gasteiger partial charge in [-0.05, 0) is 57.5 Å². The fourth-order valence-electron chi connectivity index (χ4n) is 5.00. The monoisotopic (exact) mass is 647 g/mol. The molecule has 1 unspecified atom stereocenters. The second kappa shape index (κ2) is 18.7. The lowest BCUT2D eigenvalue weighted by Gasteiger charge is -2.45. The third-order valence-corrected chi connectivity index (χ3v) is 7.06. The van der Waals surface area contributed by atoms with Gasteiger partial charge < -0.3 is 24.2 Å². The van der Waals surface area contributed by atoms with E-state index in [9.17, 15) is 14.7 Å². The van der Waals surface area contributed by atoms with E-state index in [-0.39, 0.29) is 12.7 Å². The molecule has 1 aromatic heterocycles. The number of carbonyl (C=O) groups excluding carboxylic acids is 2. The number of aliphatic hydroxyl groups is 1. The van der Waals surface area contributed by atoms with Crippen LogP contribution in [0.4, 0.5) is 15.3 Å². The van der Waals surface area contributed by atoms with E-state index in [1.807, 2.05) is 110 Å². The molecule has 2 N–H and O–H groups in total. The summed E-state index contributed by atoms with van der Waals surface area (Å²) in [7, 11) is 0. The third-order valence-electron chi connectivity index (χ3n) is 7.06. The van der Waals surface area contributed by atoms with Crippen LogP contribution in [0.5, 0.6) is 5.75 Å². The Morgan fingerprint density at radius 1 is 1.02 bits per heavy atom. The first-order chi connectivity index (χ1) is 22.5. The molecule has 2 aliphatic rings. The first-order valence-electron chi connectivity index (χ1n) is 16.5. The smallest absolute Gasteiger partial charge is 0.411 e. The number of ether oxygens (including phenoxy) is 3. The molecule has 9 heteroatoms.